The molecule has 4 aliphatic rings. The van der Waals surface area contributed by atoms with Gasteiger partial charge in [0.25, 0.3) is 0 Å². The molecule has 4 heterocycles. The molecule has 32 heteroatoms. The van der Waals surface area contributed by atoms with Crippen LogP contribution in [0.1, 0.15) is 142 Å². The van der Waals surface area contributed by atoms with E-state index >= 15 is 0 Å². The van der Waals surface area contributed by atoms with Gasteiger partial charge in [-0.2, -0.15) is 11.8 Å². The van der Waals surface area contributed by atoms with Crippen LogP contribution in [0.3, 0.4) is 0 Å². The Hall–Kier alpha value is -6.92. The number of fused-ring (bicyclic) bond motifs is 2. The highest BCUT2D eigenvalue weighted by atomic mass is 32.2. The number of carbonyl (C=O) groups excluding carboxylic acids is 12. The number of carbonyl (C=O) groups is 12. The number of urea groups is 1. The quantitative estimate of drug-likeness (QED) is 0.0248. The van der Waals surface area contributed by atoms with E-state index in [0.717, 1.165) is 72.6 Å². The number of nitrogens with zero attached hydrogens (tertiary/aromatic N) is 1. The Morgan fingerprint density at radius 3 is 2.09 bits per heavy atom. The lowest BCUT2D eigenvalue weighted by molar-refractivity contribution is -0.144. The molecule has 0 spiro atoms. The smallest absolute Gasteiger partial charge is 0.370 e. The molecule has 12 atom stereocenters. The van der Waals surface area contributed by atoms with E-state index in [9.17, 15) is 71.9 Å². The number of rotatable bonds is 35. The van der Waals surface area contributed by atoms with Gasteiger partial charge in [-0.25, -0.2) is 9.36 Å². The van der Waals surface area contributed by atoms with Crippen molar-refractivity contribution in [1.82, 2.24) is 58.1 Å². The van der Waals surface area contributed by atoms with Crippen LogP contribution in [0, 0.1) is 5.92 Å². The molecule has 1 aromatic heterocycles. The first-order chi connectivity index (χ1) is 42.7. The lowest BCUT2D eigenvalue weighted by Gasteiger charge is -2.33. The summed E-state index contributed by atoms with van der Waals surface area (Å²) < 4.78 is 18.2. The number of thiophene rings is 1. The lowest BCUT2D eigenvalue weighted by atomic mass is 9.84. The highest BCUT2D eigenvalue weighted by molar-refractivity contribution is 8.00. The Morgan fingerprint density at radius 2 is 1.40 bits per heavy atom. The molecule has 13 amide bonds. The molecule has 1 aromatic carbocycles. The van der Waals surface area contributed by atoms with Gasteiger partial charge in [0, 0.05) is 55.0 Å². The molecule has 1 aliphatic carbocycles. The Balaban J connectivity index is 1.08. The van der Waals surface area contributed by atoms with Crippen molar-refractivity contribution < 1.29 is 76.4 Å². The first-order valence-corrected chi connectivity index (χ1v) is 34.3. The van der Waals surface area contributed by atoms with E-state index in [4.69, 9.17) is 16.0 Å². The van der Waals surface area contributed by atoms with Crippen LogP contribution in [0.25, 0.3) is 10.1 Å². The van der Waals surface area contributed by atoms with Crippen LogP contribution in [0.2, 0.25) is 0 Å². The molecule has 3 aliphatic heterocycles. The van der Waals surface area contributed by atoms with E-state index in [0.29, 0.717) is 43.0 Å². The van der Waals surface area contributed by atoms with E-state index < -0.39 is 121 Å². The second-order valence-electron chi connectivity index (χ2n) is 23.7. The Bertz CT molecular complexity index is 2960. The molecule has 29 nitrogen and oxygen atoms in total. The molecule has 4 fully saturated rings. The molecular formula is C58H88N13O16PS2. The van der Waals surface area contributed by atoms with Crippen LogP contribution < -0.4 is 64.6 Å². The monoisotopic (exact) mass is 1320 g/mol. The maximum Gasteiger partial charge on any atom is 0.469 e. The van der Waals surface area contributed by atoms with Crippen molar-refractivity contribution in [2.45, 2.75) is 215 Å². The van der Waals surface area contributed by atoms with Gasteiger partial charge in [-0.05, 0) is 107 Å². The highest BCUT2D eigenvalue weighted by Crippen LogP contribution is 2.39. The van der Waals surface area contributed by atoms with Crippen LogP contribution in [-0.2, 0) is 68.2 Å². The fourth-order valence-electron chi connectivity index (χ4n) is 11.8. The number of thioether (sulfide) groups is 1. The molecule has 498 valence electrons. The summed E-state index contributed by atoms with van der Waals surface area (Å²) in [5.41, 5.74) is 11.4. The van der Waals surface area contributed by atoms with Crippen molar-refractivity contribution in [2.75, 3.05) is 18.8 Å². The molecular weight excluding hydrogens is 1230 g/mol. The SMILES string of the molecule is CC(=O)N[C@@H](CCCCNC(=O)CCCC[C@@H]1SC[C@@H]2NC(=O)N[C@@H]21)C(=O)N[C@@H](C)C(=O)N[C@@H](C)C(=O)N[C@@H](Cc1csc2ccccc12)C(=O)N[C@H](C(=O)N1CCC[C@H]1C(=O)N[C@@H](CC1CCCCC1)C(=O)N[C@@H](CCC(N)=O)C(N)=O)[C@@H](C)OP(=O)(O)O. The number of phosphoric acid groups is 1. The molecule has 0 bridgehead atoms. The van der Waals surface area contributed by atoms with Gasteiger partial charge in [0.15, 0.2) is 0 Å². The summed E-state index contributed by atoms with van der Waals surface area (Å²) in [6.07, 6.45) is 6.11. The van der Waals surface area contributed by atoms with Gasteiger partial charge in [0.05, 0.1) is 18.2 Å². The fraction of sp³-hybridized carbons (Fsp3) is 0.655. The molecule has 16 N–H and O–H groups in total. The van der Waals surface area contributed by atoms with Crippen molar-refractivity contribution in [3.63, 3.8) is 0 Å². The van der Waals surface area contributed by atoms with Crippen molar-refractivity contribution in [3.05, 3.63) is 35.2 Å². The van der Waals surface area contributed by atoms with Crippen molar-refractivity contribution in [1.29, 1.82) is 0 Å². The van der Waals surface area contributed by atoms with Gasteiger partial charge in [-0.15, -0.1) is 11.3 Å². The average Bonchev–Trinajstić information content (AvgIpc) is 1.66. The molecule has 1 saturated carbocycles. The Morgan fingerprint density at radius 1 is 0.733 bits per heavy atom. The van der Waals surface area contributed by atoms with Crippen molar-refractivity contribution in [3.8, 4) is 0 Å². The summed E-state index contributed by atoms with van der Waals surface area (Å²) in [7, 11) is -5.38. The second-order valence-corrected chi connectivity index (χ2v) is 27.1. The van der Waals surface area contributed by atoms with Gasteiger partial charge >= 0.3 is 13.9 Å². The number of likely N-dealkylation sites (tertiary alicyclic amines) is 1. The maximum absolute atomic E-state index is 14.8. The van der Waals surface area contributed by atoms with E-state index in [1.165, 1.54) is 32.1 Å². The summed E-state index contributed by atoms with van der Waals surface area (Å²) >= 11 is 3.17. The zero-order chi connectivity index (χ0) is 65.8. The van der Waals surface area contributed by atoms with Crippen LogP contribution >= 0.6 is 30.9 Å². The number of benzene rings is 1. The summed E-state index contributed by atoms with van der Waals surface area (Å²) in [4.78, 5) is 180. The third kappa shape index (κ3) is 22.2. The zero-order valence-corrected chi connectivity index (χ0v) is 53.7. The van der Waals surface area contributed by atoms with Gasteiger partial charge in [0.1, 0.15) is 48.3 Å². The normalized spacial score (nSPS) is 20.9. The summed E-state index contributed by atoms with van der Waals surface area (Å²) in [6.45, 7) is 5.28. The number of nitrogens with one attached hydrogen (secondary N) is 10. The molecule has 0 radical (unpaired) electrons. The molecule has 3 saturated heterocycles. The van der Waals surface area contributed by atoms with E-state index in [2.05, 4.69) is 53.2 Å². The molecule has 0 unspecified atom stereocenters. The van der Waals surface area contributed by atoms with Gasteiger partial charge < -0.3 is 79.3 Å². The predicted molar refractivity (Wildman–Crippen MR) is 333 cm³/mol. The van der Waals surface area contributed by atoms with Crippen molar-refractivity contribution in [2.24, 2.45) is 17.4 Å². The Labute approximate surface area is 530 Å². The fourth-order valence-corrected chi connectivity index (χ4v) is 14.8. The third-order valence-electron chi connectivity index (χ3n) is 16.6. The molecule has 90 heavy (non-hydrogen) atoms. The number of unbranched alkanes of at least 4 members (excludes halogenated alkanes) is 2. The topological polar surface area (TPSA) is 447 Å². The number of hydrogen-bond acceptors (Lipinski definition) is 16. The number of hydrogen-bond donors (Lipinski definition) is 14. The third-order valence-corrected chi connectivity index (χ3v) is 19.7. The number of amides is 13. The minimum Gasteiger partial charge on any atom is -0.370 e. The molecule has 6 rings (SSSR count). The van der Waals surface area contributed by atoms with Crippen molar-refractivity contribution >= 4 is 112 Å². The van der Waals surface area contributed by atoms with Crippen LogP contribution in [0.5, 0.6) is 0 Å². The first-order valence-electron chi connectivity index (χ1n) is 30.8. The number of nitrogens with two attached hydrogens (primary N) is 2. The van der Waals surface area contributed by atoms with Gasteiger partial charge in [-0.1, -0.05) is 56.7 Å². The number of phosphoric ester groups is 1. The zero-order valence-electron chi connectivity index (χ0n) is 51.2. The standard InChI is InChI=1S/C58H88N13O16PS2/c1-31(63-53(78)39(64-34(4)72)18-12-13-25-61-47(74)22-11-10-21-45-49-42(30-90-45)68-58(83)70-49)51(76)62-32(2)52(77)66-41(28-36-29-89-44-20-9-8-17-37(36)44)55(80)69-48(33(3)87-88(84,85)86)57(82)71-26-14-19-43(71)56(81)67-40(27-35-15-6-5-7-16-35)54(79)65-38(50(60)75)23-24-46(59)73/h8-9,17,20,29,31-33,35,38-43,45,48-49H,5-7,10-16,18-19,21-28,30H2,1-4H3,(H2,59,73)(H2,60,75)(H,61,74)(H,62,76)(H,63,78)(H,64,72)(H,65,79)(H,66,77)(H,67,81)(H,69,80)(H2,68,70,83)(H2,84,85,86)/t31-,32-,33+,38-,39-,40-,41-,42-,43-,45-,48-,49-/m0/s1. The summed E-state index contributed by atoms with van der Waals surface area (Å²) in [6, 6.07) is -3.65. The van der Waals surface area contributed by atoms with Crippen LogP contribution in [0.4, 0.5) is 4.79 Å². The Kier molecular flexibility index (Phi) is 27.6. The van der Waals surface area contributed by atoms with E-state index in [1.54, 1.807) is 17.5 Å². The van der Waals surface area contributed by atoms with Gasteiger partial charge in [0.2, 0.25) is 65.0 Å². The van der Waals surface area contributed by atoms with E-state index in [1.807, 2.05) is 23.9 Å². The molecule has 2 aromatic rings. The average molecular weight is 1320 g/mol. The number of primary amides is 2. The largest absolute Gasteiger partial charge is 0.469 e. The predicted octanol–water partition coefficient (Wildman–Crippen LogP) is 0.119. The minimum atomic E-state index is -5.38. The summed E-state index contributed by atoms with van der Waals surface area (Å²) in [5, 5.41) is 29.7. The van der Waals surface area contributed by atoms with E-state index in [-0.39, 0.29) is 81.4 Å². The maximum atomic E-state index is 14.8. The van der Waals surface area contributed by atoms with Crippen LogP contribution in [-0.4, -0.2) is 176 Å². The highest BCUT2D eigenvalue weighted by Gasteiger charge is 2.45. The summed E-state index contributed by atoms with van der Waals surface area (Å²) in [5.74, 6) is -7.41. The van der Waals surface area contributed by atoms with Gasteiger partial charge in [-0.3, -0.25) is 57.3 Å². The minimum absolute atomic E-state index is 0.00227. The van der Waals surface area contributed by atoms with Crippen LogP contribution in [0.15, 0.2) is 29.6 Å². The lowest BCUT2D eigenvalue weighted by Crippen LogP contribution is -2.62. The second kappa shape index (κ2) is 34.5. The first kappa shape index (κ1) is 72.1.